The summed E-state index contributed by atoms with van der Waals surface area (Å²) in [6.45, 7) is 8.05. The van der Waals surface area contributed by atoms with Gasteiger partial charge in [-0.1, -0.05) is 13.8 Å². The molecule has 1 heterocycles. The minimum atomic E-state index is 0.769. The van der Waals surface area contributed by atoms with Gasteiger partial charge >= 0.3 is 0 Å². The van der Waals surface area contributed by atoms with Crippen LogP contribution in [0.15, 0.2) is 0 Å². The van der Waals surface area contributed by atoms with Gasteiger partial charge in [0, 0.05) is 12.6 Å². The summed E-state index contributed by atoms with van der Waals surface area (Å²) in [6, 6.07) is 0.769. The van der Waals surface area contributed by atoms with Crippen molar-refractivity contribution in [3.63, 3.8) is 0 Å². The molecule has 0 aromatic rings. The summed E-state index contributed by atoms with van der Waals surface area (Å²) in [7, 11) is 2.20. The zero-order chi connectivity index (χ0) is 7.56. The quantitative estimate of drug-likeness (QED) is 0.605. The molecule has 10 heavy (non-hydrogen) atoms. The third-order valence-corrected chi connectivity index (χ3v) is 2.54. The highest BCUT2D eigenvalue weighted by atomic mass is 15.2. The average molecular weight is 142 g/mol. The Hall–Kier alpha value is -0.0800. The smallest absolute Gasteiger partial charge is 0.0255 e. The fraction of sp³-hybridized carbons (Fsp3) is 1.00. The van der Waals surface area contributed by atoms with E-state index in [1.165, 1.54) is 13.1 Å². The number of nitrogens with one attached hydrogen (secondary N) is 1. The molecule has 0 aromatic carbocycles. The van der Waals surface area contributed by atoms with Gasteiger partial charge in [-0.05, 0) is 26.1 Å². The van der Waals surface area contributed by atoms with Crippen molar-refractivity contribution in [1.82, 2.24) is 10.2 Å². The Morgan fingerprint density at radius 1 is 1.50 bits per heavy atom. The Balaban J connectivity index is 2.38. The predicted molar refractivity (Wildman–Crippen MR) is 44.1 cm³/mol. The van der Waals surface area contributed by atoms with E-state index in [4.69, 9.17) is 0 Å². The molecular formula is C8H18N2. The average Bonchev–Trinajstić information content (AvgIpc) is 2.34. The minimum absolute atomic E-state index is 0.769. The van der Waals surface area contributed by atoms with Gasteiger partial charge in [-0.3, -0.25) is 0 Å². The van der Waals surface area contributed by atoms with Crippen LogP contribution in [-0.4, -0.2) is 37.6 Å². The summed E-state index contributed by atoms with van der Waals surface area (Å²) >= 11 is 0. The van der Waals surface area contributed by atoms with Crippen LogP contribution in [0.3, 0.4) is 0 Å². The van der Waals surface area contributed by atoms with Gasteiger partial charge in [0.25, 0.3) is 0 Å². The van der Waals surface area contributed by atoms with Crippen molar-refractivity contribution in [3.8, 4) is 0 Å². The first-order chi connectivity index (χ1) is 4.75. The van der Waals surface area contributed by atoms with E-state index < -0.39 is 0 Å². The zero-order valence-corrected chi connectivity index (χ0v) is 7.22. The van der Waals surface area contributed by atoms with E-state index in [1.807, 2.05) is 0 Å². The molecule has 2 atom stereocenters. The molecule has 0 unspecified atom stereocenters. The van der Waals surface area contributed by atoms with E-state index >= 15 is 0 Å². The number of nitrogens with zero attached hydrogens (tertiary/aromatic N) is 1. The Morgan fingerprint density at radius 3 is 2.60 bits per heavy atom. The van der Waals surface area contributed by atoms with Crippen LogP contribution >= 0.6 is 0 Å². The lowest BCUT2D eigenvalue weighted by Gasteiger charge is -2.25. The topological polar surface area (TPSA) is 15.3 Å². The van der Waals surface area contributed by atoms with E-state index in [0.29, 0.717) is 0 Å². The monoisotopic (exact) mass is 142 g/mol. The maximum absolute atomic E-state index is 3.40. The number of hydrogen-bond donors (Lipinski definition) is 1. The fourth-order valence-electron chi connectivity index (χ4n) is 1.62. The van der Waals surface area contributed by atoms with Crippen molar-refractivity contribution in [3.05, 3.63) is 0 Å². The largest absolute Gasteiger partial charge is 0.315 e. The SMILES string of the molecule is CCN(C)[C@@H]1CNC[C@@H]1C. The first-order valence-electron chi connectivity index (χ1n) is 4.16. The molecule has 2 nitrogen and oxygen atoms in total. The second-order valence-corrected chi connectivity index (χ2v) is 3.28. The second kappa shape index (κ2) is 3.35. The molecule has 1 aliphatic rings. The van der Waals surface area contributed by atoms with Crippen LogP contribution in [0.4, 0.5) is 0 Å². The molecule has 0 amide bonds. The van der Waals surface area contributed by atoms with E-state index in [1.54, 1.807) is 0 Å². The molecule has 0 aliphatic carbocycles. The zero-order valence-electron chi connectivity index (χ0n) is 7.22. The summed E-state index contributed by atoms with van der Waals surface area (Å²) in [4.78, 5) is 2.42. The highest BCUT2D eigenvalue weighted by Crippen LogP contribution is 2.12. The molecule has 1 fully saturated rings. The maximum atomic E-state index is 3.40. The molecule has 60 valence electrons. The number of rotatable bonds is 2. The first kappa shape index (κ1) is 8.02. The summed E-state index contributed by atoms with van der Waals surface area (Å²) in [6.07, 6.45) is 0. The highest BCUT2D eigenvalue weighted by molar-refractivity contribution is 4.84. The molecule has 1 rings (SSSR count). The van der Waals surface area contributed by atoms with Gasteiger partial charge in [-0.2, -0.15) is 0 Å². The van der Waals surface area contributed by atoms with Crippen LogP contribution < -0.4 is 5.32 Å². The Bertz CT molecular complexity index is 103. The van der Waals surface area contributed by atoms with Crippen LogP contribution in [0.1, 0.15) is 13.8 Å². The van der Waals surface area contributed by atoms with Crippen molar-refractivity contribution < 1.29 is 0 Å². The van der Waals surface area contributed by atoms with Crippen LogP contribution in [0, 0.1) is 5.92 Å². The third kappa shape index (κ3) is 1.50. The van der Waals surface area contributed by atoms with Crippen LogP contribution in [0.2, 0.25) is 0 Å². The second-order valence-electron chi connectivity index (χ2n) is 3.28. The predicted octanol–water partition coefficient (Wildman–Crippen LogP) is 0.546. The molecule has 0 spiro atoms. The molecule has 1 N–H and O–H groups in total. The van der Waals surface area contributed by atoms with Gasteiger partial charge in [0.2, 0.25) is 0 Å². The molecule has 0 aromatic heterocycles. The van der Waals surface area contributed by atoms with Gasteiger partial charge in [0.05, 0.1) is 0 Å². The van der Waals surface area contributed by atoms with Crippen molar-refractivity contribution in [1.29, 1.82) is 0 Å². The molecule has 0 bridgehead atoms. The molecule has 1 aliphatic heterocycles. The van der Waals surface area contributed by atoms with Crippen LogP contribution in [0.5, 0.6) is 0 Å². The van der Waals surface area contributed by atoms with E-state index in [9.17, 15) is 0 Å². The van der Waals surface area contributed by atoms with E-state index in [0.717, 1.165) is 18.5 Å². The third-order valence-electron chi connectivity index (χ3n) is 2.54. The number of likely N-dealkylation sites (N-methyl/N-ethyl adjacent to an activating group) is 1. The standard InChI is InChI=1S/C8H18N2/c1-4-10(3)8-6-9-5-7(8)2/h7-9H,4-6H2,1-3H3/t7-,8+/m0/s1. The summed E-state index contributed by atoms with van der Waals surface area (Å²) < 4.78 is 0. The van der Waals surface area contributed by atoms with E-state index in [-0.39, 0.29) is 0 Å². The van der Waals surface area contributed by atoms with Gasteiger partial charge in [-0.15, -0.1) is 0 Å². The summed E-state index contributed by atoms with van der Waals surface area (Å²) in [5, 5.41) is 3.40. The first-order valence-corrected chi connectivity index (χ1v) is 4.16. The van der Waals surface area contributed by atoms with Gasteiger partial charge in [0.1, 0.15) is 0 Å². The fourth-order valence-corrected chi connectivity index (χ4v) is 1.62. The Labute approximate surface area is 63.6 Å². The highest BCUT2D eigenvalue weighted by Gasteiger charge is 2.25. The molecule has 0 radical (unpaired) electrons. The van der Waals surface area contributed by atoms with E-state index in [2.05, 4.69) is 31.1 Å². The normalized spacial score (nSPS) is 33.6. The van der Waals surface area contributed by atoms with Crippen LogP contribution in [-0.2, 0) is 0 Å². The van der Waals surface area contributed by atoms with Gasteiger partial charge in [-0.25, -0.2) is 0 Å². The molecule has 2 heteroatoms. The molecule has 1 saturated heterocycles. The summed E-state index contributed by atoms with van der Waals surface area (Å²) in [5.74, 6) is 0.824. The maximum Gasteiger partial charge on any atom is 0.0255 e. The van der Waals surface area contributed by atoms with Crippen molar-refractivity contribution in [2.45, 2.75) is 19.9 Å². The number of hydrogen-bond acceptors (Lipinski definition) is 2. The van der Waals surface area contributed by atoms with Crippen molar-refractivity contribution >= 4 is 0 Å². The van der Waals surface area contributed by atoms with Crippen molar-refractivity contribution in [2.24, 2.45) is 5.92 Å². The lowest BCUT2D eigenvalue weighted by Crippen LogP contribution is -2.36. The minimum Gasteiger partial charge on any atom is -0.315 e. The van der Waals surface area contributed by atoms with Crippen molar-refractivity contribution in [2.75, 3.05) is 26.7 Å². The molecule has 0 saturated carbocycles. The molecular weight excluding hydrogens is 124 g/mol. The Kier molecular flexibility index (Phi) is 2.69. The lowest BCUT2D eigenvalue weighted by molar-refractivity contribution is 0.230. The Morgan fingerprint density at radius 2 is 2.20 bits per heavy atom. The van der Waals surface area contributed by atoms with Crippen LogP contribution in [0.25, 0.3) is 0 Å². The summed E-state index contributed by atoms with van der Waals surface area (Å²) in [5.41, 5.74) is 0. The lowest BCUT2D eigenvalue weighted by atomic mass is 10.1. The van der Waals surface area contributed by atoms with Gasteiger partial charge in [0.15, 0.2) is 0 Å². The van der Waals surface area contributed by atoms with Gasteiger partial charge < -0.3 is 10.2 Å².